The number of hydrazone groups is 1. The number of nitrogens with zero attached hydrogens (tertiary/aromatic N) is 3. The van der Waals surface area contributed by atoms with Crippen LogP contribution in [0.5, 0.6) is 5.75 Å². The molecule has 0 spiro atoms. The number of nitrogens with one attached hydrogen (secondary N) is 2. The zero-order valence-electron chi connectivity index (χ0n) is 14.4. The Kier molecular flexibility index (Phi) is 6.02. The van der Waals surface area contributed by atoms with E-state index in [0.717, 1.165) is 0 Å². The second kappa shape index (κ2) is 7.84. The fourth-order valence-corrected chi connectivity index (χ4v) is 2.60. The first-order valence-electron chi connectivity index (χ1n) is 7.60. The first-order valence-corrected chi connectivity index (χ1v) is 8.36. The molecule has 1 heterocycles. The van der Waals surface area contributed by atoms with Gasteiger partial charge in [0.15, 0.2) is 5.75 Å². The average molecular weight is 384 g/mol. The van der Waals surface area contributed by atoms with Crippen molar-refractivity contribution in [3.8, 4) is 5.75 Å². The Hall–Kier alpha value is -2.12. The zero-order chi connectivity index (χ0) is 18.6. The van der Waals surface area contributed by atoms with Crippen LogP contribution in [0.15, 0.2) is 22.0 Å². The van der Waals surface area contributed by atoms with Gasteiger partial charge < -0.3 is 4.74 Å². The first kappa shape index (κ1) is 19.2. The quantitative estimate of drug-likeness (QED) is 0.607. The van der Waals surface area contributed by atoms with Crippen LogP contribution in [0.4, 0.5) is 5.95 Å². The van der Waals surface area contributed by atoms with E-state index in [1.54, 1.807) is 12.1 Å². The molecule has 9 heteroatoms. The molecule has 7 nitrogen and oxygen atoms in total. The van der Waals surface area contributed by atoms with Crippen LogP contribution in [-0.2, 0) is 5.41 Å². The van der Waals surface area contributed by atoms with E-state index in [1.807, 2.05) is 27.7 Å². The number of aromatic amines is 1. The number of rotatable bonds is 5. The molecular formula is C16H19Cl2N5O2. The molecule has 1 aromatic heterocycles. The van der Waals surface area contributed by atoms with Crippen molar-refractivity contribution in [3.05, 3.63) is 43.8 Å². The summed E-state index contributed by atoms with van der Waals surface area (Å²) in [7, 11) is 0. The van der Waals surface area contributed by atoms with Crippen LogP contribution in [0.1, 0.15) is 39.0 Å². The molecule has 0 atom stereocenters. The maximum absolute atomic E-state index is 12.0. The highest BCUT2D eigenvalue weighted by atomic mass is 35.5. The summed E-state index contributed by atoms with van der Waals surface area (Å²) in [6, 6.07) is 3.33. The van der Waals surface area contributed by atoms with E-state index >= 15 is 0 Å². The Morgan fingerprint density at radius 3 is 2.44 bits per heavy atom. The maximum atomic E-state index is 12.0. The van der Waals surface area contributed by atoms with Crippen molar-refractivity contribution in [1.29, 1.82) is 0 Å². The lowest BCUT2D eigenvalue weighted by Gasteiger charge is -2.15. The largest absolute Gasteiger partial charge is 0.491 e. The third-order valence-corrected chi connectivity index (χ3v) is 3.66. The third-order valence-electron chi connectivity index (χ3n) is 3.10. The lowest BCUT2D eigenvalue weighted by atomic mass is 9.93. The maximum Gasteiger partial charge on any atom is 0.274 e. The summed E-state index contributed by atoms with van der Waals surface area (Å²) in [6.45, 7) is 7.97. The molecule has 1 aromatic carbocycles. The lowest BCUT2D eigenvalue weighted by Crippen LogP contribution is -2.28. The fourth-order valence-electron chi connectivity index (χ4n) is 1.98. The fraction of sp³-hybridized carbons (Fsp3) is 0.375. The highest BCUT2D eigenvalue weighted by Gasteiger charge is 2.20. The van der Waals surface area contributed by atoms with E-state index in [0.29, 0.717) is 33.7 Å². The van der Waals surface area contributed by atoms with Gasteiger partial charge in [-0.3, -0.25) is 9.78 Å². The SMILES string of the molecule is CCOc1c(Cl)cc(/C=N/Nc2nnc(C(C)(C)C)c(=O)[nH]2)cc1Cl. The normalized spacial score (nSPS) is 11.8. The van der Waals surface area contributed by atoms with E-state index in [1.165, 1.54) is 6.21 Å². The number of halogens is 2. The Balaban J connectivity index is 2.14. The molecule has 0 saturated carbocycles. The van der Waals surface area contributed by atoms with E-state index < -0.39 is 5.41 Å². The summed E-state index contributed by atoms with van der Waals surface area (Å²) in [5.74, 6) is 0.571. The molecule has 0 aliphatic rings. The van der Waals surface area contributed by atoms with Gasteiger partial charge >= 0.3 is 0 Å². The van der Waals surface area contributed by atoms with Crippen LogP contribution in [0, 0.1) is 0 Å². The molecule has 25 heavy (non-hydrogen) atoms. The highest BCUT2D eigenvalue weighted by molar-refractivity contribution is 6.37. The molecule has 0 fully saturated rings. The number of ether oxygens (including phenoxy) is 1. The minimum Gasteiger partial charge on any atom is -0.491 e. The van der Waals surface area contributed by atoms with Crippen molar-refractivity contribution in [2.45, 2.75) is 33.1 Å². The lowest BCUT2D eigenvalue weighted by molar-refractivity contribution is 0.340. The highest BCUT2D eigenvalue weighted by Crippen LogP contribution is 2.33. The van der Waals surface area contributed by atoms with E-state index in [2.05, 4.69) is 25.7 Å². The van der Waals surface area contributed by atoms with E-state index in [-0.39, 0.29) is 11.5 Å². The monoisotopic (exact) mass is 383 g/mol. The Bertz CT molecular complexity index is 820. The first-order chi connectivity index (χ1) is 11.7. The van der Waals surface area contributed by atoms with Gasteiger partial charge in [0.1, 0.15) is 5.69 Å². The van der Waals surface area contributed by atoms with Crippen molar-refractivity contribution < 1.29 is 4.74 Å². The molecule has 0 unspecified atom stereocenters. The standard InChI is InChI=1S/C16H19Cl2N5O2/c1-5-25-12-10(17)6-9(7-11(12)18)8-19-22-15-20-14(24)13(21-23-15)16(2,3)4/h6-8H,5H2,1-4H3,(H2,20,22,23,24)/b19-8+. The zero-order valence-corrected chi connectivity index (χ0v) is 15.9. The van der Waals surface area contributed by atoms with Gasteiger partial charge in [-0.1, -0.05) is 44.0 Å². The van der Waals surface area contributed by atoms with Crippen molar-refractivity contribution in [2.24, 2.45) is 5.10 Å². The Labute approximate surface area is 155 Å². The van der Waals surface area contributed by atoms with Gasteiger partial charge in [0.25, 0.3) is 5.56 Å². The van der Waals surface area contributed by atoms with Gasteiger partial charge in [-0.2, -0.15) is 5.10 Å². The van der Waals surface area contributed by atoms with Crippen molar-refractivity contribution >= 4 is 35.4 Å². The van der Waals surface area contributed by atoms with Gasteiger partial charge in [0.2, 0.25) is 5.95 Å². The molecule has 0 aliphatic carbocycles. The summed E-state index contributed by atoms with van der Waals surface area (Å²) >= 11 is 12.3. The predicted octanol–water partition coefficient (Wildman–Crippen LogP) is 3.61. The van der Waals surface area contributed by atoms with Crippen LogP contribution in [0.3, 0.4) is 0 Å². The number of benzene rings is 1. The number of anilines is 1. The van der Waals surface area contributed by atoms with Gasteiger partial charge in [0.05, 0.1) is 22.9 Å². The van der Waals surface area contributed by atoms with Crippen LogP contribution < -0.4 is 15.7 Å². The molecule has 0 radical (unpaired) electrons. The third kappa shape index (κ3) is 4.93. The molecule has 134 valence electrons. The van der Waals surface area contributed by atoms with Gasteiger partial charge in [0, 0.05) is 5.41 Å². The molecular weight excluding hydrogens is 365 g/mol. The Morgan fingerprint density at radius 1 is 1.28 bits per heavy atom. The second-order valence-electron chi connectivity index (χ2n) is 6.22. The molecule has 0 saturated heterocycles. The van der Waals surface area contributed by atoms with Crippen LogP contribution >= 0.6 is 23.2 Å². The number of H-pyrrole nitrogens is 1. The number of hydrogen-bond donors (Lipinski definition) is 2. The second-order valence-corrected chi connectivity index (χ2v) is 7.03. The van der Waals surface area contributed by atoms with E-state index in [4.69, 9.17) is 27.9 Å². The summed E-state index contributed by atoms with van der Waals surface area (Å²) in [4.78, 5) is 14.6. The summed E-state index contributed by atoms with van der Waals surface area (Å²) in [6.07, 6.45) is 1.49. The van der Waals surface area contributed by atoms with Crippen molar-refractivity contribution in [3.63, 3.8) is 0 Å². The predicted molar refractivity (Wildman–Crippen MR) is 100 cm³/mol. The van der Waals surface area contributed by atoms with Crippen LogP contribution in [-0.4, -0.2) is 28.0 Å². The van der Waals surface area contributed by atoms with Gasteiger partial charge in [-0.25, -0.2) is 5.43 Å². The van der Waals surface area contributed by atoms with E-state index in [9.17, 15) is 4.79 Å². The molecule has 2 aromatic rings. The van der Waals surface area contributed by atoms with Crippen LogP contribution in [0.25, 0.3) is 0 Å². The molecule has 2 N–H and O–H groups in total. The Morgan fingerprint density at radius 2 is 1.92 bits per heavy atom. The van der Waals surface area contributed by atoms with Crippen molar-refractivity contribution in [2.75, 3.05) is 12.0 Å². The minimum absolute atomic E-state index is 0.136. The summed E-state index contributed by atoms with van der Waals surface area (Å²) in [5, 5.41) is 12.6. The topological polar surface area (TPSA) is 92.3 Å². The minimum atomic E-state index is -0.391. The number of aromatic nitrogens is 3. The number of hydrogen-bond acceptors (Lipinski definition) is 6. The summed E-state index contributed by atoms with van der Waals surface area (Å²) < 4.78 is 5.37. The molecule has 2 rings (SSSR count). The smallest absolute Gasteiger partial charge is 0.274 e. The molecule has 0 amide bonds. The van der Waals surface area contributed by atoms with Crippen LogP contribution in [0.2, 0.25) is 10.0 Å². The average Bonchev–Trinajstić information content (AvgIpc) is 2.50. The summed E-state index contributed by atoms with van der Waals surface area (Å²) in [5.41, 5.74) is 2.92. The van der Waals surface area contributed by atoms with Crippen molar-refractivity contribution in [1.82, 2.24) is 15.2 Å². The van der Waals surface area contributed by atoms with Gasteiger partial charge in [-0.05, 0) is 24.6 Å². The van der Waals surface area contributed by atoms with Gasteiger partial charge in [-0.15, -0.1) is 10.2 Å². The molecule has 0 bridgehead atoms. The molecule has 0 aliphatic heterocycles.